The summed E-state index contributed by atoms with van der Waals surface area (Å²) in [6.45, 7) is 4.09. The summed E-state index contributed by atoms with van der Waals surface area (Å²) in [4.78, 5) is 11.7. The molecule has 3 unspecified atom stereocenters. The zero-order valence-corrected chi connectivity index (χ0v) is 11.5. The van der Waals surface area contributed by atoms with Gasteiger partial charge in [-0.3, -0.25) is 4.79 Å². The predicted octanol–water partition coefficient (Wildman–Crippen LogP) is 3.66. The van der Waals surface area contributed by atoms with Crippen LogP contribution < -0.4 is 5.32 Å². The highest BCUT2D eigenvalue weighted by Gasteiger charge is 2.54. The highest BCUT2D eigenvalue weighted by atomic mass is 19.4. The van der Waals surface area contributed by atoms with Crippen LogP contribution in [-0.2, 0) is 4.79 Å². The van der Waals surface area contributed by atoms with Gasteiger partial charge in [-0.25, -0.2) is 0 Å². The van der Waals surface area contributed by atoms with E-state index in [1.165, 1.54) is 0 Å². The van der Waals surface area contributed by atoms with Gasteiger partial charge in [0.25, 0.3) is 0 Å². The molecule has 0 aromatic heterocycles. The van der Waals surface area contributed by atoms with Crippen LogP contribution in [0.5, 0.6) is 0 Å². The summed E-state index contributed by atoms with van der Waals surface area (Å²) in [5.74, 6) is -0.927. The molecule has 1 amide bonds. The smallest absolute Gasteiger partial charge is 0.353 e. The molecule has 1 aliphatic heterocycles. The average Bonchev–Trinajstić information content (AvgIpc) is 2.52. The highest BCUT2D eigenvalue weighted by molar-refractivity contribution is 5.80. The number of carbonyl (C=O) groups is 1. The third-order valence-electron chi connectivity index (χ3n) is 4.64. The fourth-order valence-electron chi connectivity index (χ4n) is 3.77. The normalized spacial score (nSPS) is 36.0. The van der Waals surface area contributed by atoms with Crippen LogP contribution in [0.2, 0.25) is 0 Å². The van der Waals surface area contributed by atoms with Crippen LogP contribution in [0, 0.1) is 17.3 Å². The molecule has 2 aliphatic rings. The number of hydrogen-bond acceptors (Lipinski definition) is 1. The number of carbonyl (C=O) groups excluding carboxylic acids is 1. The maximum absolute atomic E-state index is 13.0. The van der Waals surface area contributed by atoms with Crippen LogP contribution in [0.15, 0.2) is 0 Å². The van der Waals surface area contributed by atoms with E-state index in [2.05, 4.69) is 5.32 Å². The Morgan fingerprint density at radius 3 is 2.68 bits per heavy atom. The molecule has 0 aromatic carbocycles. The van der Waals surface area contributed by atoms with E-state index in [4.69, 9.17) is 0 Å². The fourth-order valence-corrected chi connectivity index (χ4v) is 3.77. The lowest BCUT2D eigenvalue weighted by molar-refractivity contribution is -0.193. The summed E-state index contributed by atoms with van der Waals surface area (Å²) in [5, 5.41) is 2.91. The minimum atomic E-state index is -4.12. The Bertz CT molecular complexity index is 353. The molecule has 3 atom stereocenters. The summed E-state index contributed by atoms with van der Waals surface area (Å²) in [6, 6.07) is -0.0786. The van der Waals surface area contributed by atoms with Crippen LogP contribution in [0.4, 0.5) is 13.2 Å². The number of nitrogens with one attached hydrogen (secondary N) is 1. The van der Waals surface area contributed by atoms with Crippen LogP contribution in [-0.4, -0.2) is 18.1 Å². The van der Waals surface area contributed by atoms with Gasteiger partial charge < -0.3 is 5.32 Å². The van der Waals surface area contributed by atoms with Crippen molar-refractivity contribution in [3.8, 4) is 0 Å². The molecule has 110 valence electrons. The van der Waals surface area contributed by atoms with E-state index < -0.39 is 17.5 Å². The molecule has 5 heteroatoms. The monoisotopic (exact) mass is 277 g/mol. The molecule has 19 heavy (non-hydrogen) atoms. The Morgan fingerprint density at radius 2 is 2.11 bits per heavy atom. The number of halogens is 3. The van der Waals surface area contributed by atoms with E-state index in [9.17, 15) is 18.0 Å². The van der Waals surface area contributed by atoms with E-state index in [1.807, 2.05) is 13.8 Å². The van der Waals surface area contributed by atoms with Crippen molar-refractivity contribution in [3.05, 3.63) is 0 Å². The summed E-state index contributed by atoms with van der Waals surface area (Å²) in [5.41, 5.74) is -0.459. The predicted molar refractivity (Wildman–Crippen MR) is 66.4 cm³/mol. The van der Waals surface area contributed by atoms with Crippen molar-refractivity contribution < 1.29 is 18.0 Å². The van der Waals surface area contributed by atoms with Crippen molar-refractivity contribution in [2.45, 2.75) is 64.6 Å². The third kappa shape index (κ3) is 3.06. The standard InChI is InChI=1S/C14H22F3NO/c1-9(2)6-11-13(8-12(19)18-11)5-3-4-10(7-13)14(15,16)17/h9-11H,3-8H2,1-2H3,(H,18,19). The zero-order valence-electron chi connectivity index (χ0n) is 11.5. The van der Waals surface area contributed by atoms with Crippen molar-refractivity contribution in [1.29, 1.82) is 0 Å². The molecule has 1 heterocycles. The first-order valence-electron chi connectivity index (χ1n) is 7.09. The van der Waals surface area contributed by atoms with Gasteiger partial charge in [0.2, 0.25) is 5.91 Å². The molecule has 2 fully saturated rings. The average molecular weight is 277 g/mol. The van der Waals surface area contributed by atoms with Gasteiger partial charge in [-0.1, -0.05) is 20.3 Å². The van der Waals surface area contributed by atoms with E-state index in [1.54, 1.807) is 0 Å². The summed E-state index contributed by atoms with van der Waals surface area (Å²) in [7, 11) is 0. The van der Waals surface area contributed by atoms with Gasteiger partial charge in [-0.15, -0.1) is 0 Å². The maximum Gasteiger partial charge on any atom is 0.391 e. The molecular formula is C14H22F3NO. The molecule has 1 spiro atoms. The second kappa shape index (κ2) is 4.98. The van der Waals surface area contributed by atoms with Crippen LogP contribution in [0.25, 0.3) is 0 Å². The van der Waals surface area contributed by atoms with Gasteiger partial charge in [0.15, 0.2) is 0 Å². The Kier molecular flexibility index (Phi) is 3.85. The number of rotatable bonds is 2. The molecule has 0 radical (unpaired) electrons. The lowest BCUT2D eigenvalue weighted by Crippen LogP contribution is -2.44. The molecule has 0 bridgehead atoms. The molecule has 1 aliphatic carbocycles. The first-order valence-corrected chi connectivity index (χ1v) is 7.09. The van der Waals surface area contributed by atoms with Crippen molar-refractivity contribution in [1.82, 2.24) is 5.32 Å². The summed E-state index contributed by atoms with van der Waals surface area (Å²) in [6.07, 6.45) is -1.42. The number of hydrogen-bond donors (Lipinski definition) is 1. The molecule has 1 saturated carbocycles. The Balaban J connectivity index is 2.17. The molecule has 2 nitrogen and oxygen atoms in total. The zero-order chi connectivity index (χ0) is 14.3. The maximum atomic E-state index is 13.0. The molecule has 2 rings (SSSR count). The van der Waals surface area contributed by atoms with Crippen molar-refractivity contribution >= 4 is 5.91 Å². The SMILES string of the molecule is CC(C)CC1NC(=O)CC12CCCC(C(F)(F)F)C2. The second-order valence-electron chi connectivity index (χ2n) is 6.62. The topological polar surface area (TPSA) is 29.1 Å². The van der Waals surface area contributed by atoms with E-state index in [-0.39, 0.29) is 31.2 Å². The molecule has 1 N–H and O–H groups in total. The second-order valence-corrected chi connectivity index (χ2v) is 6.62. The summed E-state index contributed by atoms with van der Waals surface area (Å²) < 4.78 is 38.9. The van der Waals surface area contributed by atoms with E-state index in [0.717, 1.165) is 12.8 Å². The van der Waals surface area contributed by atoms with Gasteiger partial charge in [0, 0.05) is 12.5 Å². The van der Waals surface area contributed by atoms with Crippen LogP contribution in [0.3, 0.4) is 0 Å². The first-order chi connectivity index (χ1) is 8.73. The molecule has 0 aromatic rings. The lowest BCUT2D eigenvalue weighted by Gasteiger charge is -2.42. The van der Waals surface area contributed by atoms with Crippen molar-refractivity contribution in [2.75, 3.05) is 0 Å². The van der Waals surface area contributed by atoms with Gasteiger partial charge >= 0.3 is 6.18 Å². The molecule has 1 saturated heterocycles. The van der Waals surface area contributed by atoms with Gasteiger partial charge in [0.05, 0.1) is 5.92 Å². The quantitative estimate of drug-likeness (QED) is 0.820. The Labute approximate surface area is 112 Å². The van der Waals surface area contributed by atoms with Crippen LogP contribution >= 0.6 is 0 Å². The first kappa shape index (κ1) is 14.7. The van der Waals surface area contributed by atoms with Crippen molar-refractivity contribution in [2.24, 2.45) is 17.3 Å². The van der Waals surface area contributed by atoms with Crippen LogP contribution in [0.1, 0.15) is 52.4 Å². The van der Waals surface area contributed by atoms with Gasteiger partial charge in [0.1, 0.15) is 0 Å². The van der Waals surface area contributed by atoms with Crippen molar-refractivity contribution in [3.63, 3.8) is 0 Å². The molecular weight excluding hydrogens is 255 g/mol. The van der Waals surface area contributed by atoms with E-state index >= 15 is 0 Å². The number of amides is 1. The van der Waals surface area contributed by atoms with Gasteiger partial charge in [-0.05, 0) is 37.0 Å². The minimum absolute atomic E-state index is 0.0755. The fraction of sp³-hybridized carbons (Fsp3) is 0.929. The minimum Gasteiger partial charge on any atom is -0.353 e. The summed E-state index contributed by atoms with van der Waals surface area (Å²) >= 11 is 0. The Morgan fingerprint density at radius 1 is 1.42 bits per heavy atom. The number of alkyl halides is 3. The van der Waals surface area contributed by atoms with E-state index in [0.29, 0.717) is 12.3 Å². The third-order valence-corrected chi connectivity index (χ3v) is 4.64. The lowest BCUT2D eigenvalue weighted by atomic mass is 9.64. The largest absolute Gasteiger partial charge is 0.391 e. The van der Waals surface area contributed by atoms with Gasteiger partial charge in [-0.2, -0.15) is 13.2 Å². The Hall–Kier alpha value is -0.740. The highest BCUT2D eigenvalue weighted by Crippen LogP contribution is 2.52.